The maximum Gasteiger partial charge on any atom is 0.257 e. The van der Waals surface area contributed by atoms with Crippen LogP contribution in [0.1, 0.15) is 41.5 Å². The molecule has 0 radical (unpaired) electrons. The number of likely N-dealkylation sites (N-methyl/N-ethyl adjacent to an activating group) is 1. The van der Waals surface area contributed by atoms with Crippen molar-refractivity contribution in [1.82, 2.24) is 9.80 Å². The first-order valence-electron chi connectivity index (χ1n) is 11.9. The molecule has 1 aliphatic heterocycles. The van der Waals surface area contributed by atoms with Gasteiger partial charge < -0.3 is 29.3 Å². The average Bonchev–Trinajstić information content (AvgIpc) is 2.87. The lowest BCUT2D eigenvalue weighted by Crippen LogP contribution is -2.48. The molecule has 2 aromatic carbocycles. The normalized spacial score (nSPS) is 20.9. The van der Waals surface area contributed by atoms with E-state index in [-0.39, 0.29) is 42.4 Å². The van der Waals surface area contributed by atoms with E-state index in [2.05, 4.69) is 5.32 Å². The summed E-state index contributed by atoms with van der Waals surface area (Å²) in [4.78, 5) is 41.9. The van der Waals surface area contributed by atoms with Gasteiger partial charge in [-0.2, -0.15) is 0 Å². The van der Waals surface area contributed by atoms with Gasteiger partial charge in [0.15, 0.2) is 0 Å². The number of fused-ring (bicyclic) bond motifs is 1. The molecule has 2 aromatic rings. The fourth-order valence-corrected chi connectivity index (χ4v) is 4.26. The fraction of sp³-hybridized carbons (Fsp3) is 0.444. The number of carbonyl (C=O) groups is 3. The molecule has 0 unspecified atom stereocenters. The van der Waals surface area contributed by atoms with Crippen molar-refractivity contribution in [2.75, 3.05) is 46.3 Å². The van der Waals surface area contributed by atoms with Gasteiger partial charge in [0, 0.05) is 57.4 Å². The Hall–Kier alpha value is -3.59. The Bertz CT molecular complexity index is 1100. The van der Waals surface area contributed by atoms with E-state index in [4.69, 9.17) is 14.2 Å². The zero-order chi connectivity index (χ0) is 26.4. The molecule has 0 spiro atoms. The number of nitrogens with zero attached hydrogens (tertiary/aromatic N) is 2. The van der Waals surface area contributed by atoms with Gasteiger partial charge in [0.1, 0.15) is 18.1 Å². The molecule has 3 rings (SSSR count). The molecule has 3 amide bonds. The molecule has 1 heterocycles. The van der Waals surface area contributed by atoms with Crippen molar-refractivity contribution in [3.8, 4) is 11.5 Å². The molecule has 0 saturated heterocycles. The van der Waals surface area contributed by atoms with E-state index < -0.39 is 0 Å². The third-order valence-electron chi connectivity index (χ3n) is 6.44. The lowest BCUT2D eigenvalue weighted by molar-refractivity contribution is -0.133. The Balaban J connectivity index is 1.93. The minimum absolute atomic E-state index is 0.00435. The van der Waals surface area contributed by atoms with Crippen LogP contribution < -0.4 is 14.8 Å². The van der Waals surface area contributed by atoms with Gasteiger partial charge in [-0.05, 0) is 37.3 Å². The first kappa shape index (κ1) is 27.0. The van der Waals surface area contributed by atoms with Crippen molar-refractivity contribution in [2.24, 2.45) is 5.92 Å². The van der Waals surface area contributed by atoms with Gasteiger partial charge in [0.2, 0.25) is 5.91 Å². The van der Waals surface area contributed by atoms with Crippen LogP contribution in [0.15, 0.2) is 42.5 Å². The SMILES string of the molecule is COc1cccc(C(=O)Nc2ccc3c(c2)OC[C@@H](C)N(C(C)=O)C[C@@H](C)[C@H](OC)CN(C)C3=O)c1. The molecular weight excluding hydrogens is 462 g/mol. The van der Waals surface area contributed by atoms with Gasteiger partial charge in [0.25, 0.3) is 11.8 Å². The summed E-state index contributed by atoms with van der Waals surface area (Å²) in [5.41, 5.74) is 1.27. The number of benzene rings is 2. The molecule has 194 valence electrons. The van der Waals surface area contributed by atoms with E-state index in [1.54, 1.807) is 66.4 Å². The summed E-state index contributed by atoms with van der Waals surface area (Å²) in [6.07, 6.45) is -0.252. The second kappa shape index (κ2) is 11.9. The van der Waals surface area contributed by atoms with E-state index in [0.717, 1.165) is 0 Å². The number of nitrogens with one attached hydrogen (secondary N) is 1. The first-order chi connectivity index (χ1) is 17.1. The molecule has 1 aliphatic rings. The van der Waals surface area contributed by atoms with Gasteiger partial charge in [-0.1, -0.05) is 13.0 Å². The van der Waals surface area contributed by atoms with Crippen molar-refractivity contribution < 1.29 is 28.6 Å². The maximum atomic E-state index is 13.3. The van der Waals surface area contributed by atoms with E-state index in [1.165, 1.54) is 14.0 Å². The number of anilines is 1. The van der Waals surface area contributed by atoms with Gasteiger partial charge in [-0.15, -0.1) is 0 Å². The third kappa shape index (κ3) is 6.34. The summed E-state index contributed by atoms with van der Waals surface area (Å²) in [6, 6.07) is 11.5. The summed E-state index contributed by atoms with van der Waals surface area (Å²) in [5.74, 6) is 0.302. The van der Waals surface area contributed by atoms with Crippen molar-refractivity contribution >= 4 is 23.4 Å². The largest absolute Gasteiger partial charge is 0.497 e. The molecule has 3 atom stereocenters. The van der Waals surface area contributed by atoms with Crippen LogP contribution in [0.25, 0.3) is 0 Å². The van der Waals surface area contributed by atoms with Crippen molar-refractivity contribution in [2.45, 2.75) is 32.9 Å². The van der Waals surface area contributed by atoms with Crippen LogP contribution in [0.2, 0.25) is 0 Å². The lowest BCUT2D eigenvalue weighted by Gasteiger charge is -2.35. The summed E-state index contributed by atoms with van der Waals surface area (Å²) in [5, 5.41) is 2.85. The highest BCUT2D eigenvalue weighted by atomic mass is 16.5. The molecule has 9 heteroatoms. The van der Waals surface area contributed by atoms with Crippen molar-refractivity contribution in [3.05, 3.63) is 53.6 Å². The van der Waals surface area contributed by atoms with E-state index in [1.807, 2.05) is 13.8 Å². The Morgan fingerprint density at radius 3 is 2.50 bits per heavy atom. The van der Waals surface area contributed by atoms with E-state index in [0.29, 0.717) is 41.4 Å². The lowest BCUT2D eigenvalue weighted by atomic mass is 10.0. The van der Waals surface area contributed by atoms with Crippen LogP contribution in [0.5, 0.6) is 11.5 Å². The highest BCUT2D eigenvalue weighted by Crippen LogP contribution is 2.27. The maximum absolute atomic E-state index is 13.3. The van der Waals surface area contributed by atoms with E-state index >= 15 is 0 Å². The zero-order valence-electron chi connectivity index (χ0n) is 21.7. The Labute approximate surface area is 212 Å². The minimum Gasteiger partial charge on any atom is -0.497 e. The van der Waals surface area contributed by atoms with Gasteiger partial charge in [0.05, 0.1) is 24.8 Å². The Morgan fingerprint density at radius 2 is 1.83 bits per heavy atom. The average molecular weight is 498 g/mol. The fourth-order valence-electron chi connectivity index (χ4n) is 4.26. The van der Waals surface area contributed by atoms with Gasteiger partial charge in [-0.25, -0.2) is 0 Å². The molecule has 0 fully saturated rings. The van der Waals surface area contributed by atoms with E-state index in [9.17, 15) is 14.4 Å². The van der Waals surface area contributed by atoms with Crippen LogP contribution in [-0.4, -0.2) is 80.6 Å². The zero-order valence-corrected chi connectivity index (χ0v) is 21.7. The predicted molar refractivity (Wildman–Crippen MR) is 137 cm³/mol. The summed E-state index contributed by atoms with van der Waals surface area (Å²) >= 11 is 0. The molecule has 0 bridgehead atoms. The highest BCUT2D eigenvalue weighted by molar-refractivity contribution is 6.05. The number of rotatable bonds is 4. The van der Waals surface area contributed by atoms with Crippen molar-refractivity contribution in [3.63, 3.8) is 0 Å². The van der Waals surface area contributed by atoms with Gasteiger partial charge in [-0.3, -0.25) is 14.4 Å². The monoisotopic (exact) mass is 497 g/mol. The van der Waals surface area contributed by atoms with Gasteiger partial charge >= 0.3 is 0 Å². The summed E-state index contributed by atoms with van der Waals surface area (Å²) in [7, 11) is 4.86. The number of hydrogen-bond donors (Lipinski definition) is 1. The van der Waals surface area contributed by atoms with Crippen LogP contribution in [-0.2, 0) is 9.53 Å². The molecule has 1 N–H and O–H groups in total. The quantitative estimate of drug-likeness (QED) is 0.696. The molecule has 36 heavy (non-hydrogen) atoms. The van der Waals surface area contributed by atoms with Crippen LogP contribution in [0, 0.1) is 5.92 Å². The van der Waals surface area contributed by atoms with Crippen molar-refractivity contribution in [1.29, 1.82) is 0 Å². The number of amides is 3. The minimum atomic E-state index is -0.321. The second-order valence-electron chi connectivity index (χ2n) is 9.17. The highest BCUT2D eigenvalue weighted by Gasteiger charge is 2.29. The molecule has 0 aliphatic carbocycles. The van der Waals surface area contributed by atoms with Crippen LogP contribution >= 0.6 is 0 Å². The number of carbonyl (C=O) groups excluding carboxylic acids is 3. The summed E-state index contributed by atoms with van der Waals surface area (Å²) in [6.45, 7) is 6.46. The Kier molecular flexibility index (Phi) is 8.93. The number of methoxy groups -OCH3 is 2. The predicted octanol–water partition coefficient (Wildman–Crippen LogP) is 3.30. The molecule has 9 nitrogen and oxygen atoms in total. The van der Waals surface area contributed by atoms with Crippen LogP contribution in [0.3, 0.4) is 0 Å². The third-order valence-corrected chi connectivity index (χ3v) is 6.44. The Morgan fingerprint density at radius 1 is 1.08 bits per heavy atom. The topological polar surface area (TPSA) is 97.4 Å². The standard InChI is InChI=1S/C27H35N3O6/c1-17-14-30(19(3)31)18(2)16-36-24-13-21(28-26(32)20-8-7-9-22(12-20)34-5)10-11-23(24)27(33)29(4)15-25(17)35-6/h7-13,17-18,25H,14-16H2,1-6H3,(H,28,32)/t17-,18-,25-/m1/s1. The number of hydrogen-bond acceptors (Lipinski definition) is 6. The molecular formula is C27H35N3O6. The first-order valence-corrected chi connectivity index (χ1v) is 11.9. The smallest absolute Gasteiger partial charge is 0.257 e. The number of ether oxygens (including phenoxy) is 3. The summed E-state index contributed by atoms with van der Waals surface area (Å²) < 4.78 is 17.0. The molecule has 0 aromatic heterocycles. The second-order valence-corrected chi connectivity index (χ2v) is 9.17. The molecule has 0 saturated carbocycles. The van der Waals surface area contributed by atoms with Crippen LogP contribution in [0.4, 0.5) is 5.69 Å².